The first-order valence-corrected chi connectivity index (χ1v) is 33.2. The van der Waals surface area contributed by atoms with Gasteiger partial charge in [0.05, 0.1) is 133 Å². The Morgan fingerprint density at radius 1 is 0.705 bits per heavy atom. The number of pyridine rings is 2. The fourth-order valence-corrected chi connectivity index (χ4v) is 11.7. The number of aryl methyl sites for hydroxylation is 3. The second kappa shape index (κ2) is 36.5. The standard InChI is InChI=1S/C68H91N13O14/c1-47(2)81-59-42-51(41-54(56(59)45-72-81)64(84)71-44-55-48(3)40-49(4)73-65(55)85)50-16-18-60(70-43-50)77-21-23-78(24-22-77)62(83)15-10-8-6-5-7-9-12-52-46-79(76-75-52)25-27-90-29-31-92-33-35-94-37-39-95-38-36-93-34-32-91-30-28-89-26-20-69-57-14-11-13-53-63(57)68(88)80(67(53)87)58-17-19-61(82)74-66(58)86/h11,13-14,16,18,40-43,45-47,58,69H,5-10,12,15,17,19-39,44H2,1-4H3,(H,71,84)(H,73,85)(H,74,82,86). The van der Waals surface area contributed by atoms with Gasteiger partial charge in [-0.25, -0.2) is 9.67 Å². The summed E-state index contributed by atoms with van der Waals surface area (Å²) in [6.45, 7) is 17.6. The van der Waals surface area contributed by atoms with Gasteiger partial charge in [0.1, 0.15) is 11.9 Å². The van der Waals surface area contributed by atoms with Crippen LogP contribution in [0.15, 0.2) is 71.9 Å². The van der Waals surface area contributed by atoms with Gasteiger partial charge in [0, 0.05) is 98.4 Å². The number of amides is 6. The number of carbonyl (C=O) groups is 6. The highest BCUT2D eigenvalue weighted by Crippen LogP contribution is 2.33. The summed E-state index contributed by atoms with van der Waals surface area (Å²) in [4.78, 5) is 103. The Balaban J connectivity index is 0.518. The molecule has 0 spiro atoms. The largest absolute Gasteiger partial charge is 0.382 e. The van der Waals surface area contributed by atoms with Gasteiger partial charge in [0.25, 0.3) is 23.3 Å². The van der Waals surface area contributed by atoms with Crippen molar-refractivity contribution in [3.8, 4) is 11.1 Å². The summed E-state index contributed by atoms with van der Waals surface area (Å²) in [5, 5.41) is 22.3. The number of carbonyl (C=O) groups excluding carboxylic acids is 6. The molecule has 6 amide bonds. The summed E-state index contributed by atoms with van der Waals surface area (Å²) in [7, 11) is 0. The summed E-state index contributed by atoms with van der Waals surface area (Å²) >= 11 is 0. The Kier molecular flexibility index (Phi) is 27.3. The third-order valence-corrected chi connectivity index (χ3v) is 16.8. The Bertz CT molecular complexity index is 3580. The number of piperidine rings is 1. The van der Waals surface area contributed by atoms with E-state index in [-0.39, 0.29) is 53.9 Å². The van der Waals surface area contributed by atoms with Crippen LogP contribution in [0.25, 0.3) is 22.0 Å². The summed E-state index contributed by atoms with van der Waals surface area (Å²) in [6, 6.07) is 13.8. The zero-order valence-electron chi connectivity index (χ0n) is 55.2. The highest BCUT2D eigenvalue weighted by atomic mass is 16.6. The number of H-pyrrole nitrogens is 1. The lowest BCUT2D eigenvalue weighted by atomic mass is 10.0. The molecule has 1 atom stereocenters. The number of anilines is 2. The number of ether oxygens (including phenoxy) is 7. The van der Waals surface area contributed by atoms with Crippen molar-refractivity contribution < 1.29 is 61.9 Å². The molecule has 9 rings (SSSR count). The van der Waals surface area contributed by atoms with E-state index in [4.69, 9.17) is 38.1 Å². The number of nitrogens with zero attached hydrogens (tertiary/aromatic N) is 9. The molecule has 512 valence electrons. The molecule has 2 aromatic carbocycles. The van der Waals surface area contributed by atoms with Gasteiger partial charge in [0.2, 0.25) is 17.7 Å². The molecule has 3 aliphatic rings. The van der Waals surface area contributed by atoms with Crippen molar-refractivity contribution in [2.75, 3.05) is 135 Å². The maximum atomic E-state index is 13.8. The molecule has 4 aromatic heterocycles. The minimum absolute atomic E-state index is 0.0575. The number of hydrogen-bond acceptors (Lipinski definition) is 20. The molecule has 4 N–H and O–H groups in total. The summed E-state index contributed by atoms with van der Waals surface area (Å²) in [5.41, 5.74) is 6.77. The minimum atomic E-state index is -1.02. The molecule has 0 saturated carbocycles. The fraction of sp³-hybridized carbons (Fsp3) is 0.544. The van der Waals surface area contributed by atoms with Crippen LogP contribution in [0.4, 0.5) is 11.5 Å². The van der Waals surface area contributed by atoms with Gasteiger partial charge in [-0.15, -0.1) is 5.10 Å². The molecule has 27 heteroatoms. The molecule has 2 fully saturated rings. The number of aromatic nitrogens is 7. The van der Waals surface area contributed by atoms with Crippen LogP contribution in [0.1, 0.15) is 131 Å². The van der Waals surface area contributed by atoms with E-state index < -0.39 is 29.7 Å². The zero-order chi connectivity index (χ0) is 66.9. The zero-order valence-corrected chi connectivity index (χ0v) is 55.2. The molecule has 27 nitrogen and oxygen atoms in total. The summed E-state index contributed by atoms with van der Waals surface area (Å²) in [5.74, 6) is -1.43. The molecule has 95 heavy (non-hydrogen) atoms. The van der Waals surface area contributed by atoms with Crippen LogP contribution < -0.4 is 26.4 Å². The molecule has 6 aromatic rings. The van der Waals surface area contributed by atoms with Gasteiger partial charge in [0.15, 0.2) is 0 Å². The second-order valence-corrected chi connectivity index (χ2v) is 24.0. The third-order valence-electron chi connectivity index (χ3n) is 16.8. The average molecular weight is 1310 g/mol. The van der Waals surface area contributed by atoms with E-state index in [0.717, 1.165) is 94.6 Å². The van der Waals surface area contributed by atoms with E-state index in [0.29, 0.717) is 155 Å². The monoisotopic (exact) mass is 1310 g/mol. The molecule has 3 aliphatic heterocycles. The highest BCUT2D eigenvalue weighted by Gasteiger charge is 2.45. The normalized spacial score (nSPS) is 15.0. The first kappa shape index (κ1) is 71.0. The first-order valence-electron chi connectivity index (χ1n) is 33.2. The first-order chi connectivity index (χ1) is 46.2. The van der Waals surface area contributed by atoms with E-state index in [2.05, 4.69) is 55.1 Å². The molecular formula is C68H91N13O14. The van der Waals surface area contributed by atoms with E-state index in [9.17, 15) is 33.6 Å². The predicted molar refractivity (Wildman–Crippen MR) is 353 cm³/mol. The number of benzene rings is 2. The van der Waals surface area contributed by atoms with E-state index in [1.807, 2.05) is 70.8 Å². The average Bonchev–Trinajstić information content (AvgIpc) is 1.63. The van der Waals surface area contributed by atoms with Gasteiger partial charge >= 0.3 is 0 Å². The highest BCUT2D eigenvalue weighted by molar-refractivity contribution is 6.25. The van der Waals surface area contributed by atoms with Crippen LogP contribution in [0.3, 0.4) is 0 Å². The van der Waals surface area contributed by atoms with Crippen LogP contribution in [0, 0.1) is 13.8 Å². The number of piperazine rings is 1. The summed E-state index contributed by atoms with van der Waals surface area (Å²) < 4.78 is 43.0. The van der Waals surface area contributed by atoms with Crippen molar-refractivity contribution in [1.29, 1.82) is 0 Å². The summed E-state index contributed by atoms with van der Waals surface area (Å²) in [6.07, 6.45) is 13.4. The fourth-order valence-electron chi connectivity index (χ4n) is 11.7. The number of unbranched alkanes of at least 4 members (excludes halogenated alkanes) is 5. The quantitative estimate of drug-likeness (QED) is 0.0262. The number of nitrogens with one attached hydrogen (secondary N) is 4. The molecular weight excluding hydrogens is 1220 g/mol. The van der Waals surface area contributed by atoms with Crippen LogP contribution in [0.2, 0.25) is 0 Å². The lowest BCUT2D eigenvalue weighted by Gasteiger charge is -2.35. The van der Waals surface area contributed by atoms with Crippen molar-refractivity contribution in [2.24, 2.45) is 0 Å². The smallest absolute Gasteiger partial charge is 0.264 e. The maximum Gasteiger partial charge on any atom is 0.264 e. The lowest BCUT2D eigenvalue weighted by Crippen LogP contribution is -2.54. The number of hydrogen-bond donors (Lipinski definition) is 4. The predicted octanol–water partition coefficient (Wildman–Crippen LogP) is 5.76. The minimum Gasteiger partial charge on any atom is -0.382 e. The van der Waals surface area contributed by atoms with Crippen LogP contribution >= 0.6 is 0 Å². The molecule has 1 unspecified atom stereocenters. The van der Waals surface area contributed by atoms with Crippen LogP contribution in [0.5, 0.6) is 0 Å². The van der Waals surface area contributed by atoms with Gasteiger partial charge < -0.3 is 58.6 Å². The maximum absolute atomic E-state index is 13.8. The van der Waals surface area contributed by atoms with Gasteiger partial charge in [-0.1, -0.05) is 37.0 Å². The number of imide groups is 2. The van der Waals surface area contributed by atoms with E-state index >= 15 is 0 Å². The van der Waals surface area contributed by atoms with Crippen molar-refractivity contribution in [2.45, 2.75) is 117 Å². The molecule has 2 saturated heterocycles. The molecule has 0 bridgehead atoms. The Morgan fingerprint density at radius 3 is 2.00 bits per heavy atom. The topological polar surface area (TPSA) is 307 Å². The Morgan fingerprint density at radius 2 is 1.36 bits per heavy atom. The van der Waals surface area contributed by atoms with Gasteiger partial charge in [-0.3, -0.25) is 48.5 Å². The van der Waals surface area contributed by atoms with Crippen molar-refractivity contribution >= 4 is 57.9 Å². The van der Waals surface area contributed by atoms with E-state index in [1.165, 1.54) is 0 Å². The molecule has 7 heterocycles. The number of aromatic amines is 1. The Labute approximate surface area is 553 Å². The molecule has 0 aliphatic carbocycles. The van der Waals surface area contributed by atoms with Crippen LogP contribution in [-0.2, 0) is 67.1 Å². The lowest BCUT2D eigenvalue weighted by molar-refractivity contribution is -0.136. The van der Waals surface area contributed by atoms with Crippen molar-refractivity contribution in [3.05, 3.63) is 117 Å². The third kappa shape index (κ3) is 20.4. The Hall–Kier alpha value is -8.31. The van der Waals surface area contributed by atoms with E-state index in [1.54, 1.807) is 24.4 Å². The van der Waals surface area contributed by atoms with Crippen molar-refractivity contribution in [1.82, 2.24) is 55.2 Å². The van der Waals surface area contributed by atoms with Crippen molar-refractivity contribution in [3.63, 3.8) is 0 Å². The number of fused-ring (bicyclic) bond motifs is 2. The van der Waals surface area contributed by atoms with Crippen LogP contribution in [-0.4, -0.2) is 211 Å². The SMILES string of the molecule is Cc1cc(C)c(CNC(=O)c2cc(-c3ccc(N4CCN(C(=O)CCCCCCCCc5cn(CCOCCOCCOCCOCCOCCOCCOCCNc6cccc7c6C(=O)N(C6CCC(=O)NC6=O)C7=O)nn5)CC4)nc3)cc3c2cnn3C(C)C)c(=O)[nH]1. The van der Waals surface area contributed by atoms with Gasteiger partial charge in [-0.05, 0) is 107 Å². The molecule has 0 radical (unpaired) electrons. The van der Waals surface area contributed by atoms with Gasteiger partial charge in [-0.2, -0.15) is 5.10 Å². The number of rotatable bonds is 41. The second-order valence-electron chi connectivity index (χ2n) is 24.0.